The Balaban J connectivity index is 1.88. The van der Waals surface area contributed by atoms with Gasteiger partial charge in [0, 0.05) is 25.8 Å². The third-order valence-electron chi connectivity index (χ3n) is 8.22. The summed E-state index contributed by atoms with van der Waals surface area (Å²) in [5, 5.41) is 23.5. The van der Waals surface area contributed by atoms with Crippen LogP contribution in [-0.4, -0.2) is 80.6 Å². The molecule has 49 heavy (non-hydrogen) atoms. The van der Waals surface area contributed by atoms with Crippen LogP contribution in [0.15, 0.2) is 41.3 Å². The molecule has 1 aromatic carbocycles. The van der Waals surface area contributed by atoms with E-state index in [-0.39, 0.29) is 70.0 Å². The second-order valence-corrected chi connectivity index (χ2v) is 13.5. The van der Waals surface area contributed by atoms with E-state index in [1.165, 1.54) is 41.2 Å². The van der Waals surface area contributed by atoms with Crippen molar-refractivity contribution >= 4 is 40.1 Å². The van der Waals surface area contributed by atoms with Crippen LogP contribution in [0.3, 0.4) is 0 Å². The normalized spacial score (nSPS) is 15.2. The summed E-state index contributed by atoms with van der Waals surface area (Å²) in [5.74, 6) is -0.777. The van der Waals surface area contributed by atoms with E-state index in [1.807, 2.05) is 13.8 Å². The molecule has 1 amide bonds. The van der Waals surface area contributed by atoms with E-state index in [0.717, 1.165) is 4.57 Å². The first kappa shape index (κ1) is 35.5. The van der Waals surface area contributed by atoms with Crippen LogP contribution in [0, 0.1) is 22.9 Å². The molecule has 15 heteroatoms. The average Bonchev–Trinajstić information content (AvgIpc) is 3.03. The molecule has 0 unspecified atom stereocenters. The molecule has 5 rings (SSSR count). The molecule has 13 nitrogen and oxygen atoms in total. The van der Waals surface area contributed by atoms with Gasteiger partial charge >= 0.3 is 17.3 Å². The highest BCUT2D eigenvalue weighted by atomic mass is 35.5. The molecule has 4 heterocycles. The van der Waals surface area contributed by atoms with Crippen molar-refractivity contribution in [1.29, 1.82) is 0 Å². The summed E-state index contributed by atoms with van der Waals surface area (Å²) in [4.78, 5) is 51.9. The van der Waals surface area contributed by atoms with E-state index in [0.29, 0.717) is 11.3 Å². The lowest BCUT2D eigenvalue weighted by atomic mass is 10.0. The third kappa shape index (κ3) is 6.62. The molecule has 0 saturated carbocycles. The molecule has 1 N–H and O–H groups in total. The number of carbonyl (C=O) groups is 1. The van der Waals surface area contributed by atoms with Crippen molar-refractivity contribution in [2.45, 2.75) is 59.1 Å². The number of aliphatic hydroxyl groups excluding tert-OH is 1. The Kier molecular flexibility index (Phi) is 9.84. The van der Waals surface area contributed by atoms with E-state index < -0.39 is 46.3 Å². The Morgan fingerprint density at radius 2 is 1.94 bits per heavy atom. The number of aliphatic hydroxyl groups is 1. The van der Waals surface area contributed by atoms with Crippen molar-refractivity contribution < 1.29 is 28.7 Å². The summed E-state index contributed by atoms with van der Waals surface area (Å²) in [6.07, 6.45) is 0.974. The Bertz CT molecular complexity index is 2010. The van der Waals surface area contributed by atoms with Crippen molar-refractivity contribution in [2.75, 3.05) is 38.3 Å². The molecule has 260 valence electrons. The number of aryl methyl sites for hydroxylation is 1. The maximum Gasteiger partial charge on any atom is 0.410 e. The number of carbonyl (C=O) groups excluding carboxylic acids is 1. The quantitative estimate of drug-likeness (QED) is 0.180. The topological polar surface area (TPSA) is 153 Å². The number of piperazine rings is 1. The highest BCUT2D eigenvalue weighted by molar-refractivity contribution is 6.34. The van der Waals surface area contributed by atoms with Crippen LogP contribution in [0.25, 0.3) is 28.0 Å². The van der Waals surface area contributed by atoms with Crippen LogP contribution in [0.1, 0.15) is 51.8 Å². The van der Waals surface area contributed by atoms with Crippen molar-refractivity contribution in [3.8, 4) is 22.7 Å². The molecule has 3 aromatic heterocycles. The average molecular weight is 697 g/mol. The molecule has 1 fully saturated rings. The Morgan fingerprint density at radius 3 is 2.55 bits per heavy atom. The highest BCUT2D eigenvalue weighted by Crippen LogP contribution is 2.42. The Morgan fingerprint density at radius 1 is 1.22 bits per heavy atom. The molecule has 0 spiro atoms. The number of ether oxygens (including phenoxy) is 2. The Hall–Kier alpha value is -4.82. The number of halogens is 2. The van der Waals surface area contributed by atoms with E-state index in [4.69, 9.17) is 26.1 Å². The van der Waals surface area contributed by atoms with Crippen molar-refractivity contribution in [1.82, 2.24) is 19.4 Å². The molecule has 1 atom stereocenters. The minimum Gasteiger partial charge on any atom is -0.496 e. The van der Waals surface area contributed by atoms with Gasteiger partial charge in [-0.05, 0) is 63.4 Å². The minimum absolute atomic E-state index is 0.00641. The van der Waals surface area contributed by atoms with Gasteiger partial charge in [0.15, 0.2) is 5.65 Å². The number of rotatable bonds is 7. The van der Waals surface area contributed by atoms with Gasteiger partial charge in [-0.1, -0.05) is 31.5 Å². The van der Waals surface area contributed by atoms with Gasteiger partial charge in [0.1, 0.15) is 22.9 Å². The van der Waals surface area contributed by atoms with Crippen LogP contribution >= 0.6 is 11.6 Å². The second kappa shape index (κ2) is 13.6. The Labute approximate surface area is 287 Å². The van der Waals surface area contributed by atoms with E-state index in [1.54, 1.807) is 40.0 Å². The van der Waals surface area contributed by atoms with Gasteiger partial charge < -0.3 is 24.4 Å². The molecule has 0 bridgehead atoms. The number of pyridine rings is 3. The van der Waals surface area contributed by atoms with Crippen LogP contribution in [0.2, 0.25) is 5.02 Å². The molecule has 1 aliphatic rings. The first-order chi connectivity index (χ1) is 23.1. The van der Waals surface area contributed by atoms with Crippen LogP contribution < -0.4 is 15.2 Å². The fourth-order valence-electron chi connectivity index (χ4n) is 6.08. The van der Waals surface area contributed by atoms with Crippen molar-refractivity contribution in [2.24, 2.45) is 0 Å². The predicted molar refractivity (Wildman–Crippen MR) is 184 cm³/mol. The largest absolute Gasteiger partial charge is 0.496 e. The number of methoxy groups -OCH3 is 1. The van der Waals surface area contributed by atoms with Crippen LogP contribution in [-0.2, 0) is 4.74 Å². The standard InChI is InChI=1S/C34H38ClFN6O7/c1-18(2)26-28(19(3)11-12-37-26)41-31-21(15-22(35)27(38-31)25-23(36)9-8-10-24(25)48-7)29(30(32(41)44)42(46)47)40-14-13-39(16-20(40)17-43)33(45)49-34(4,5)6/h8-12,15,18,20,43H,13-14,16-17H2,1-7H3/t20-/m1/s1. The second-order valence-electron chi connectivity index (χ2n) is 13.1. The van der Waals surface area contributed by atoms with E-state index in [2.05, 4.69) is 4.98 Å². The van der Waals surface area contributed by atoms with E-state index in [9.17, 15) is 24.8 Å². The maximum atomic E-state index is 15.5. The first-order valence-electron chi connectivity index (χ1n) is 15.7. The fraction of sp³-hybridized carbons (Fsp3) is 0.412. The maximum absolute atomic E-state index is 15.5. The number of nitro groups is 1. The minimum atomic E-state index is -1.02. The lowest BCUT2D eigenvalue weighted by molar-refractivity contribution is -0.385. The predicted octanol–water partition coefficient (Wildman–Crippen LogP) is 6.01. The number of benzene rings is 1. The number of hydrogen-bond donors (Lipinski definition) is 1. The summed E-state index contributed by atoms with van der Waals surface area (Å²) < 4.78 is 27.5. The van der Waals surface area contributed by atoms with E-state index >= 15 is 4.39 Å². The molecule has 0 radical (unpaired) electrons. The van der Waals surface area contributed by atoms with Gasteiger partial charge in [0.25, 0.3) is 0 Å². The summed E-state index contributed by atoms with van der Waals surface area (Å²) in [5.41, 5.74) is -1.55. The fourth-order valence-corrected chi connectivity index (χ4v) is 6.33. The van der Waals surface area contributed by atoms with Crippen molar-refractivity contribution in [3.05, 3.63) is 79.1 Å². The van der Waals surface area contributed by atoms with Gasteiger partial charge in [0.05, 0.1) is 57.7 Å². The number of fused-ring (bicyclic) bond motifs is 1. The lowest BCUT2D eigenvalue weighted by Gasteiger charge is -2.42. The van der Waals surface area contributed by atoms with Crippen molar-refractivity contribution in [3.63, 3.8) is 0 Å². The summed E-state index contributed by atoms with van der Waals surface area (Å²) >= 11 is 6.84. The molecule has 1 saturated heterocycles. The SMILES string of the molecule is COc1cccc(F)c1-c1nc2c(cc1Cl)c(N1CCN(C(=O)OC(C)(C)C)C[C@@H]1CO)c([N+](=O)[O-])c(=O)n2-c1c(C)ccnc1C(C)C. The zero-order valence-electron chi connectivity index (χ0n) is 28.3. The van der Waals surface area contributed by atoms with Crippen LogP contribution in [0.5, 0.6) is 5.75 Å². The number of aromatic nitrogens is 3. The zero-order valence-corrected chi connectivity index (χ0v) is 29.0. The first-order valence-corrected chi connectivity index (χ1v) is 16.0. The summed E-state index contributed by atoms with van der Waals surface area (Å²) in [6.45, 7) is 10.2. The molecule has 1 aliphatic heterocycles. The number of amides is 1. The van der Waals surface area contributed by atoms with Gasteiger partial charge in [-0.25, -0.2) is 14.2 Å². The molecule has 4 aromatic rings. The van der Waals surface area contributed by atoms with Gasteiger partial charge in [-0.15, -0.1) is 0 Å². The number of hydrogen-bond acceptors (Lipinski definition) is 10. The number of nitrogens with zero attached hydrogens (tertiary/aromatic N) is 6. The smallest absolute Gasteiger partial charge is 0.410 e. The monoisotopic (exact) mass is 696 g/mol. The van der Waals surface area contributed by atoms with Gasteiger partial charge in [-0.2, -0.15) is 0 Å². The molecule has 0 aliphatic carbocycles. The summed E-state index contributed by atoms with van der Waals surface area (Å²) in [6, 6.07) is 6.41. The van der Waals surface area contributed by atoms with Gasteiger partial charge in [-0.3, -0.25) is 24.5 Å². The molecular weight excluding hydrogens is 659 g/mol. The van der Waals surface area contributed by atoms with Gasteiger partial charge in [0.2, 0.25) is 0 Å². The lowest BCUT2D eigenvalue weighted by Crippen LogP contribution is -2.57. The summed E-state index contributed by atoms with van der Waals surface area (Å²) in [7, 11) is 1.37. The third-order valence-corrected chi connectivity index (χ3v) is 8.51. The highest BCUT2D eigenvalue weighted by Gasteiger charge is 2.39. The van der Waals surface area contributed by atoms with Crippen LogP contribution in [0.4, 0.5) is 20.6 Å². The zero-order chi connectivity index (χ0) is 35.9. The molecular formula is C34H38ClFN6O7. The number of anilines is 1.